The summed E-state index contributed by atoms with van der Waals surface area (Å²) in [4.78, 5) is 2.37. The van der Waals surface area contributed by atoms with Crippen molar-refractivity contribution in [2.24, 2.45) is 5.92 Å². The van der Waals surface area contributed by atoms with Crippen LogP contribution in [0, 0.1) is 12.8 Å². The molecule has 0 saturated carbocycles. The molecule has 2 nitrogen and oxygen atoms in total. The summed E-state index contributed by atoms with van der Waals surface area (Å²) in [5, 5.41) is 0. The second kappa shape index (κ2) is 3.24. The second-order valence-electron chi connectivity index (χ2n) is 4.78. The Morgan fingerprint density at radius 3 is 3.13 bits per heavy atom. The van der Waals surface area contributed by atoms with Crippen LogP contribution in [0.1, 0.15) is 23.7 Å². The topological polar surface area (TPSA) is 12.5 Å². The van der Waals surface area contributed by atoms with E-state index in [2.05, 4.69) is 37.1 Å². The number of nitrogens with zero attached hydrogens (tertiary/aromatic N) is 1. The molecule has 0 aromatic heterocycles. The lowest BCUT2D eigenvalue weighted by atomic mass is 9.89. The minimum Gasteiger partial charge on any atom is -0.374 e. The first kappa shape index (κ1) is 9.22. The molecule has 2 heterocycles. The first-order valence-electron chi connectivity index (χ1n) is 5.69. The fourth-order valence-corrected chi connectivity index (χ4v) is 2.84. The van der Waals surface area contributed by atoms with Crippen molar-refractivity contribution in [3.8, 4) is 0 Å². The minimum absolute atomic E-state index is 0.358. The fourth-order valence-electron chi connectivity index (χ4n) is 2.84. The van der Waals surface area contributed by atoms with E-state index in [-0.39, 0.29) is 0 Å². The van der Waals surface area contributed by atoms with Gasteiger partial charge in [0.25, 0.3) is 0 Å². The van der Waals surface area contributed by atoms with Gasteiger partial charge < -0.3 is 9.64 Å². The van der Waals surface area contributed by atoms with Gasteiger partial charge in [-0.05, 0) is 25.0 Å². The highest BCUT2D eigenvalue weighted by atomic mass is 16.5. The highest BCUT2D eigenvalue weighted by Crippen LogP contribution is 2.43. The van der Waals surface area contributed by atoms with Crippen LogP contribution < -0.4 is 4.90 Å². The van der Waals surface area contributed by atoms with Crippen LogP contribution in [0.25, 0.3) is 0 Å². The largest absolute Gasteiger partial charge is 0.374 e. The van der Waals surface area contributed by atoms with E-state index in [1.54, 1.807) is 0 Å². The van der Waals surface area contributed by atoms with Gasteiger partial charge in [-0.25, -0.2) is 0 Å². The molecule has 15 heavy (non-hydrogen) atoms. The van der Waals surface area contributed by atoms with Gasteiger partial charge in [-0.2, -0.15) is 0 Å². The van der Waals surface area contributed by atoms with Crippen molar-refractivity contribution < 1.29 is 4.74 Å². The van der Waals surface area contributed by atoms with E-state index in [0.717, 1.165) is 13.2 Å². The summed E-state index contributed by atoms with van der Waals surface area (Å²) in [6.45, 7) is 4.22. The smallest absolute Gasteiger partial charge is 0.0890 e. The molecule has 80 valence electrons. The number of benzene rings is 1. The Morgan fingerprint density at radius 1 is 1.40 bits per heavy atom. The lowest BCUT2D eigenvalue weighted by Gasteiger charge is -2.35. The summed E-state index contributed by atoms with van der Waals surface area (Å²) >= 11 is 0. The van der Waals surface area contributed by atoms with Crippen LogP contribution in [0.2, 0.25) is 0 Å². The van der Waals surface area contributed by atoms with Crippen molar-refractivity contribution in [3.05, 3.63) is 29.3 Å². The lowest BCUT2D eigenvalue weighted by molar-refractivity contribution is 0.0891. The maximum absolute atomic E-state index is 5.84. The first-order valence-corrected chi connectivity index (χ1v) is 5.69. The third-order valence-electron chi connectivity index (χ3n) is 3.63. The van der Waals surface area contributed by atoms with Crippen LogP contribution in [-0.4, -0.2) is 20.2 Å². The Hall–Kier alpha value is -1.02. The van der Waals surface area contributed by atoms with E-state index in [1.807, 2.05) is 0 Å². The molecule has 0 N–H and O–H groups in total. The number of rotatable bonds is 0. The monoisotopic (exact) mass is 203 g/mol. The van der Waals surface area contributed by atoms with Gasteiger partial charge in [0.15, 0.2) is 0 Å². The van der Waals surface area contributed by atoms with Gasteiger partial charge >= 0.3 is 0 Å². The zero-order valence-corrected chi connectivity index (χ0v) is 9.36. The second-order valence-corrected chi connectivity index (χ2v) is 4.78. The number of aryl methyl sites for hydroxylation is 1. The molecule has 0 amide bonds. The Bertz CT molecular complexity index is 388. The molecular formula is C13H17NO. The quantitative estimate of drug-likeness (QED) is 0.642. The molecule has 2 heteroatoms. The molecule has 1 saturated heterocycles. The number of ether oxygens (including phenoxy) is 1. The van der Waals surface area contributed by atoms with E-state index in [1.165, 1.54) is 23.2 Å². The van der Waals surface area contributed by atoms with Crippen molar-refractivity contribution in [2.75, 3.05) is 25.1 Å². The highest BCUT2D eigenvalue weighted by Gasteiger charge is 2.36. The predicted octanol–water partition coefficient (Wildman–Crippen LogP) is 2.52. The summed E-state index contributed by atoms with van der Waals surface area (Å²) in [5.41, 5.74) is 4.08. The third-order valence-corrected chi connectivity index (χ3v) is 3.63. The van der Waals surface area contributed by atoms with E-state index >= 15 is 0 Å². The minimum atomic E-state index is 0.358. The number of hydrogen-bond donors (Lipinski definition) is 0. The van der Waals surface area contributed by atoms with Gasteiger partial charge in [0.05, 0.1) is 6.10 Å². The van der Waals surface area contributed by atoms with Crippen molar-refractivity contribution >= 4 is 5.69 Å². The van der Waals surface area contributed by atoms with Crippen molar-refractivity contribution in [1.29, 1.82) is 0 Å². The SMILES string of the molecule is Cc1ccc2c(c1)N(C)CC1CCOC21. The Kier molecular flexibility index (Phi) is 1.99. The van der Waals surface area contributed by atoms with Crippen LogP contribution >= 0.6 is 0 Å². The molecule has 1 aromatic rings. The molecule has 3 rings (SSSR count). The van der Waals surface area contributed by atoms with Crippen LogP contribution in [0.4, 0.5) is 5.69 Å². The van der Waals surface area contributed by atoms with Crippen LogP contribution in [0.15, 0.2) is 18.2 Å². The van der Waals surface area contributed by atoms with Gasteiger partial charge in [0.1, 0.15) is 0 Å². The zero-order valence-electron chi connectivity index (χ0n) is 9.36. The zero-order chi connectivity index (χ0) is 10.4. The number of anilines is 1. The number of hydrogen-bond acceptors (Lipinski definition) is 2. The van der Waals surface area contributed by atoms with E-state index in [4.69, 9.17) is 4.74 Å². The maximum atomic E-state index is 5.84. The molecule has 0 radical (unpaired) electrons. The molecule has 0 aliphatic carbocycles. The molecule has 2 aliphatic rings. The summed E-state index contributed by atoms with van der Waals surface area (Å²) in [7, 11) is 2.19. The van der Waals surface area contributed by atoms with E-state index < -0.39 is 0 Å². The van der Waals surface area contributed by atoms with Crippen LogP contribution in [0.5, 0.6) is 0 Å². The normalized spacial score (nSPS) is 28.8. The maximum Gasteiger partial charge on any atom is 0.0890 e. The fraction of sp³-hybridized carbons (Fsp3) is 0.538. The van der Waals surface area contributed by atoms with Crippen LogP contribution in [-0.2, 0) is 4.74 Å². The summed E-state index contributed by atoms with van der Waals surface area (Å²) in [6, 6.07) is 6.70. The average molecular weight is 203 g/mol. The Balaban J connectivity index is 2.10. The van der Waals surface area contributed by atoms with Crippen molar-refractivity contribution in [2.45, 2.75) is 19.4 Å². The lowest BCUT2D eigenvalue weighted by Crippen LogP contribution is -2.33. The molecule has 0 spiro atoms. The highest BCUT2D eigenvalue weighted by molar-refractivity contribution is 5.58. The standard InChI is InChI=1S/C13H17NO/c1-9-3-4-11-12(7-9)14(2)8-10-5-6-15-13(10)11/h3-4,7,10,13H,5-6,8H2,1-2H3. The molecule has 2 unspecified atom stereocenters. The number of fused-ring (bicyclic) bond motifs is 3. The molecular weight excluding hydrogens is 186 g/mol. The van der Waals surface area contributed by atoms with Crippen molar-refractivity contribution in [1.82, 2.24) is 0 Å². The Morgan fingerprint density at radius 2 is 2.27 bits per heavy atom. The van der Waals surface area contributed by atoms with E-state index in [9.17, 15) is 0 Å². The molecule has 2 atom stereocenters. The molecule has 1 fully saturated rings. The van der Waals surface area contributed by atoms with Gasteiger partial charge in [-0.15, -0.1) is 0 Å². The third kappa shape index (κ3) is 1.36. The Labute approximate surface area is 90.8 Å². The molecule has 0 bridgehead atoms. The summed E-state index contributed by atoms with van der Waals surface area (Å²) in [5.74, 6) is 0.699. The first-order chi connectivity index (χ1) is 7.25. The summed E-state index contributed by atoms with van der Waals surface area (Å²) in [6.07, 6.45) is 1.57. The molecule has 1 aromatic carbocycles. The average Bonchev–Trinajstić information content (AvgIpc) is 2.66. The van der Waals surface area contributed by atoms with Crippen molar-refractivity contribution in [3.63, 3.8) is 0 Å². The van der Waals surface area contributed by atoms with Gasteiger partial charge in [0.2, 0.25) is 0 Å². The van der Waals surface area contributed by atoms with E-state index in [0.29, 0.717) is 12.0 Å². The predicted molar refractivity (Wildman–Crippen MR) is 61.2 cm³/mol. The molecule has 2 aliphatic heterocycles. The van der Waals surface area contributed by atoms with Crippen LogP contribution in [0.3, 0.4) is 0 Å². The summed E-state index contributed by atoms with van der Waals surface area (Å²) < 4.78 is 5.84. The van der Waals surface area contributed by atoms with Gasteiger partial charge in [0, 0.05) is 37.4 Å². The van der Waals surface area contributed by atoms with Gasteiger partial charge in [-0.3, -0.25) is 0 Å². The van der Waals surface area contributed by atoms with Gasteiger partial charge in [-0.1, -0.05) is 12.1 Å².